The fraction of sp³-hybridized carbons (Fsp3) is 0.250. The zero-order valence-corrected chi connectivity index (χ0v) is 12.2. The summed E-state index contributed by atoms with van der Waals surface area (Å²) in [6, 6.07) is 4.58. The Balaban J connectivity index is 2.24. The van der Waals surface area contributed by atoms with Crippen LogP contribution < -0.4 is 0 Å². The van der Waals surface area contributed by atoms with Gasteiger partial charge in [0.25, 0.3) is 5.16 Å². The van der Waals surface area contributed by atoms with Crippen molar-refractivity contribution in [3.05, 3.63) is 42.0 Å². The molecule has 0 spiro atoms. The summed E-state index contributed by atoms with van der Waals surface area (Å²) in [4.78, 5) is 16.5. The molecule has 0 fully saturated rings. The Labute approximate surface area is 120 Å². The van der Waals surface area contributed by atoms with Gasteiger partial charge in [0.2, 0.25) is 9.84 Å². The van der Waals surface area contributed by atoms with Crippen LogP contribution in [0.3, 0.4) is 0 Å². The summed E-state index contributed by atoms with van der Waals surface area (Å²) < 4.78 is 37.9. The van der Waals surface area contributed by atoms with Gasteiger partial charge in [0.05, 0.1) is 5.75 Å². The van der Waals surface area contributed by atoms with Crippen LogP contribution in [-0.2, 0) is 15.6 Å². The number of sulfone groups is 1. The van der Waals surface area contributed by atoms with E-state index in [0.29, 0.717) is 5.56 Å². The third kappa shape index (κ3) is 3.43. The van der Waals surface area contributed by atoms with Crippen LogP contribution in [0.25, 0.3) is 0 Å². The zero-order chi connectivity index (χ0) is 15.6. The van der Waals surface area contributed by atoms with E-state index in [1.54, 1.807) is 0 Å². The van der Waals surface area contributed by atoms with Gasteiger partial charge in [-0.3, -0.25) is 0 Å². The largest absolute Gasteiger partial charge is 0.345 e. The van der Waals surface area contributed by atoms with E-state index in [4.69, 9.17) is 0 Å². The Morgan fingerprint density at radius 2 is 1.90 bits per heavy atom. The lowest BCUT2D eigenvalue weighted by atomic mass is 10.2. The lowest BCUT2D eigenvalue weighted by Gasteiger charge is -2.07. The molecule has 1 aromatic heterocycles. The summed E-state index contributed by atoms with van der Waals surface area (Å²) in [7, 11) is -0.780. The SMILES string of the molecule is CN(C)C(=O)n1cnc(S(=O)(=O)Cc2ccc(F)cc2)n1. The van der Waals surface area contributed by atoms with Crippen molar-refractivity contribution in [2.45, 2.75) is 10.9 Å². The second kappa shape index (κ2) is 5.60. The van der Waals surface area contributed by atoms with E-state index in [2.05, 4.69) is 10.1 Å². The molecular formula is C12H13FN4O3S. The standard InChI is InChI=1S/C12H13FN4O3S/c1-16(2)12(18)17-8-14-11(15-17)21(19,20)7-9-3-5-10(13)6-4-9/h3-6,8H,7H2,1-2H3. The molecule has 1 heterocycles. The first-order valence-corrected chi connectivity index (χ1v) is 7.55. The predicted octanol–water partition coefficient (Wildman–Crippen LogP) is 0.921. The first-order chi connectivity index (χ1) is 9.79. The second-order valence-electron chi connectivity index (χ2n) is 4.53. The first-order valence-electron chi connectivity index (χ1n) is 5.90. The Morgan fingerprint density at radius 3 is 2.48 bits per heavy atom. The van der Waals surface area contributed by atoms with Crippen molar-refractivity contribution in [1.82, 2.24) is 19.7 Å². The highest BCUT2D eigenvalue weighted by Gasteiger charge is 2.22. The van der Waals surface area contributed by atoms with Gasteiger partial charge in [0.15, 0.2) is 0 Å². The van der Waals surface area contributed by atoms with Crippen LogP contribution in [0.2, 0.25) is 0 Å². The summed E-state index contributed by atoms with van der Waals surface area (Å²) in [6.07, 6.45) is 1.04. The number of benzene rings is 1. The molecule has 7 nitrogen and oxygen atoms in total. The summed E-state index contributed by atoms with van der Waals surface area (Å²) in [5.74, 6) is -0.817. The molecule has 0 saturated carbocycles. The maximum absolute atomic E-state index is 12.8. The highest BCUT2D eigenvalue weighted by molar-refractivity contribution is 7.90. The minimum Gasteiger partial charge on any atom is -0.329 e. The van der Waals surface area contributed by atoms with Gasteiger partial charge >= 0.3 is 6.03 Å². The fourth-order valence-corrected chi connectivity index (χ4v) is 2.73. The molecule has 112 valence electrons. The molecule has 0 unspecified atom stereocenters. The van der Waals surface area contributed by atoms with Crippen LogP contribution in [0.15, 0.2) is 35.7 Å². The summed E-state index contributed by atoms with van der Waals surface area (Å²) in [5.41, 5.74) is 0.409. The van der Waals surface area contributed by atoms with Crippen LogP contribution in [0, 0.1) is 5.82 Å². The predicted molar refractivity (Wildman–Crippen MR) is 71.8 cm³/mol. The third-order valence-corrected chi connectivity index (χ3v) is 4.05. The molecule has 0 radical (unpaired) electrons. The van der Waals surface area contributed by atoms with Crippen molar-refractivity contribution in [2.24, 2.45) is 0 Å². The van der Waals surface area contributed by atoms with Gasteiger partial charge in [-0.05, 0) is 17.7 Å². The molecule has 1 amide bonds. The van der Waals surface area contributed by atoms with Gasteiger partial charge in [-0.2, -0.15) is 4.68 Å². The molecule has 0 saturated heterocycles. The minimum absolute atomic E-state index is 0.368. The summed E-state index contributed by atoms with van der Waals surface area (Å²) in [6.45, 7) is 0. The van der Waals surface area contributed by atoms with Crippen molar-refractivity contribution in [3.8, 4) is 0 Å². The Kier molecular flexibility index (Phi) is 4.03. The maximum atomic E-state index is 12.8. The smallest absolute Gasteiger partial charge is 0.329 e. The molecule has 0 aliphatic carbocycles. The van der Waals surface area contributed by atoms with Gasteiger partial charge in [-0.25, -0.2) is 22.6 Å². The third-order valence-electron chi connectivity index (χ3n) is 2.60. The highest BCUT2D eigenvalue weighted by atomic mass is 32.2. The molecular weight excluding hydrogens is 299 g/mol. The molecule has 2 rings (SSSR count). The fourth-order valence-electron chi connectivity index (χ4n) is 1.55. The molecule has 0 bridgehead atoms. The zero-order valence-electron chi connectivity index (χ0n) is 11.4. The van der Waals surface area contributed by atoms with E-state index < -0.39 is 26.8 Å². The number of hydrogen-bond acceptors (Lipinski definition) is 5. The lowest BCUT2D eigenvalue weighted by molar-refractivity contribution is 0.215. The van der Waals surface area contributed by atoms with Crippen LogP contribution in [0.4, 0.5) is 9.18 Å². The van der Waals surface area contributed by atoms with Crippen LogP contribution in [0.5, 0.6) is 0 Å². The molecule has 0 aliphatic rings. The van der Waals surface area contributed by atoms with Gasteiger partial charge < -0.3 is 4.90 Å². The molecule has 1 aromatic carbocycles. The number of carbonyl (C=O) groups is 1. The maximum Gasteiger partial charge on any atom is 0.345 e. The number of amides is 1. The van der Waals surface area contributed by atoms with E-state index in [-0.39, 0.29) is 5.75 Å². The van der Waals surface area contributed by atoms with Gasteiger partial charge in [0.1, 0.15) is 12.1 Å². The Bertz CT molecular complexity index is 753. The number of nitrogens with zero attached hydrogens (tertiary/aromatic N) is 4. The molecule has 0 atom stereocenters. The van der Waals surface area contributed by atoms with Crippen molar-refractivity contribution in [1.29, 1.82) is 0 Å². The minimum atomic E-state index is -3.80. The first kappa shape index (κ1) is 15.1. The average molecular weight is 312 g/mol. The normalized spacial score (nSPS) is 11.4. The van der Waals surface area contributed by atoms with E-state index in [9.17, 15) is 17.6 Å². The Morgan fingerprint density at radius 1 is 1.29 bits per heavy atom. The molecule has 2 aromatic rings. The topological polar surface area (TPSA) is 85.2 Å². The van der Waals surface area contributed by atoms with Gasteiger partial charge in [-0.15, -0.1) is 5.10 Å². The summed E-state index contributed by atoms with van der Waals surface area (Å²) >= 11 is 0. The number of aromatic nitrogens is 3. The number of halogens is 1. The van der Waals surface area contributed by atoms with Crippen LogP contribution >= 0.6 is 0 Å². The molecule has 0 aliphatic heterocycles. The lowest BCUT2D eigenvalue weighted by Crippen LogP contribution is -2.27. The summed E-state index contributed by atoms with van der Waals surface area (Å²) in [5, 5.41) is 3.23. The number of carbonyl (C=O) groups excluding carboxylic acids is 1. The second-order valence-corrected chi connectivity index (χ2v) is 6.42. The molecule has 0 N–H and O–H groups in total. The van der Waals surface area contributed by atoms with Crippen molar-refractivity contribution >= 4 is 15.9 Å². The van der Waals surface area contributed by atoms with E-state index in [1.165, 1.54) is 43.3 Å². The van der Waals surface area contributed by atoms with Gasteiger partial charge in [0, 0.05) is 14.1 Å². The van der Waals surface area contributed by atoms with Crippen molar-refractivity contribution in [2.75, 3.05) is 14.1 Å². The highest BCUT2D eigenvalue weighted by Crippen LogP contribution is 2.13. The van der Waals surface area contributed by atoms with Gasteiger partial charge in [-0.1, -0.05) is 12.1 Å². The van der Waals surface area contributed by atoms with E-state index in [0.717, 1.165) is 11.0 Å². The quantitative estimate of drug-likeness (QED) is 0.841. The van der Waals surface area contributed by atoms with E-state index in [1.807, 2.05) is 0 Å². The monoisotopic (exact) mass is 312 g/mol. The number of hydrogen-bond donors (Lipinski definition) is 0. The van der Waals surface area contributed by atoms with E-state index >= 15 is 0 Å². The van der Waals surface area contributed by atoms with Crippen molar-refractivity contribution < 1.29 is 17.6 Å². The molecule has 9 heteroatoms. The Hall–Kier alpha value is -2.29. The average Bonchev–Trinajstić information content (AvgIpc) is 2.90. The molecule has 21 heavy (non-hydrogen) atoms. The van der Waals surface area contributed by atoms with Crippen LogP contribution in [0.1, 0.15) is 5.56 Å². The van der Waals surface area contributed by atoms with Crippen molar-refractivity contribution in [3.63, 3.8) is 0 Å². The van der Waals surface area contributed by atoms with Crippen LogP contribution in [-0.4, -0.2) is 48.2 Å². The number of rotatable bonds is 3.